The Morgan fingerprint density at radius 3 is 2.50 bits per heavy atom. The van der Waals surface area contributed by atoms with Gasteiger partial charge in [0.2, 0.25) is 0 Å². The van der Waals surface area contributed by atoms with Gasteiger partial charge in [0.05, 0.1) is 6.04 Å². The highest BCUT2D eigenvalue weighted by atomic mass is 19.4. The molecule has 2 rings (SSSR count). The maximum absolute atomic E-state index is 13.2. The van der Waals surface area contributed by atoms with E-state index in [1.807, 2.05) is 0 Å². The summed E-state index contributed by atoms with van der Waals surface area (Å²) in [6.07, 6.45) is -4.63. The highest BCUT2D eigenvalue weighted by molar-refractivity contribution is 5.70. The summed E-state index contributed by atoms with van der Waals surface area (Å²) in [7, 11) is 0. The van der Waals surface area contributed by atoms with Gasteiger partial charge >= 0.3 is 12.3 Å². The number of carbonyl (C=O) groups excluding carboxylic acids is 1. The van der Waals surface area contributed by atoms with Gasteiger partial charge < -0.3 is 10.1 Å². The molecule has 20 heavy (non-hydrogen) atoms. The normalized spacial score (nSPS) is 31.1. The summed E-state index contributed by atoms with van der Waals surface area (Å²) in [5.41, 5.74) is -0.798. The number of alkyl halides is 3. The Morgan fingerprint density at radius 1 is 1.30 bits per heavy atom. The van der Waals surface area contributed by atoms with Crippen LogP contribution in [0, 0.1) is 5.92 Å². The van der Waals surface area contributed by atoms with Crippen molar-refractivity contribution in [2.45, 2.75) is 57.5 Å². The molecule has 0 aliphatic carbocycles. The van der Waals surface area contributed by atoms with Gasteiger partial charge in [0, 0.05) is 6.54 Å². The summed E-state index contributed by atoms with van der Waals surface area (Å²) in [5, 5.41) is 3.06. The number of halogens is 3. The number of ether oxygens (including phenoxy) is 1. The Labute approximate surface area is 116 Å². The zero-order chi connectivity index (χ0) is 15.1. The number of rotatable bonds is 0. The number of carbonyl (C=O) groups is 1. The van der Waals surface area contributed by atoms with Crippen molar-refractivity contribution in [3.05, 3.63) is 0 Å². The molecular formula is C13H21F3N2O2. The number of amides is 1. The molecule has 0 radical (unpaired) electrons. The van der Waals surface area contributed by atoms with Crippen LogP contribution in [0.5, 0.6) is 0 Å². The van der Waals surface area contributed by atoms with Crippen molar-refractivity contribution in [3.63, 3.8) is 0 Å². The molecule has 0 aromatic rings. The lowest BCUT2D eigenvalue weighted by Gasteiger charge is -2.35. The van der Waals surface area contributed by atoms with Crippen LogP contribution in [0.25, 0.3) is 0 Å². The molecule has 2 fully saturated rings. The zero-order valence-electron chi connectivity index (χ0n) is 12.0. The molecule has 0 spiro atoms. The quantitative estimate of drug-likeness (QED) is 0.746. The average Bonchev–Trinajstić information content (AvgIpc) is 2.65. The van der Waals surface area contributed by atoms with E-state index in [0.717, 1.165) is 4.90 Å². The molecule has 0 bridgehead atoms. The van der Waals surface area contributed by atoms with Crippen molar-refractivity contribution in [1.29, 1.82) is 0 Å². The highest BCUT2D eigenvalue weighted by Crippen LogP contribution is 2.41. The van der Waals surface area contributed by atoms with E-state index >= 15 is 0 Å². The van der Waals surface area contributed by atoms with Crippen molar-refractivity contribution >= 4 is 6.09 Å². The molecule has 4 nitrogen and oxygen atoms in total. The number of nitrogens with one attached hydrogen (secondary N) is 1. The van der Waals surface area contributed by atoms with Crippen molar-refractivity contribution in [2.24, 2.45) is 5.92 Å². The molecule has 116 valence electrons. The van der Waals surface area contributed by atoms with Crippen LogP contribution in [0.2, 0.25) is 0 Å². The molecule has 0 saturated carbocycles. The number of nitrogens with zero attached hydrogens (tertiary/aromatic N) is 1. The lowest BCUT2D eigenvalue weighted by molar-refractivity contribution is -0.176. The minimum absolute atomic E-state index is 0.0188. The summed E-state index contributed by atoms with van der Waals surface area (Å²) in [6, 6.07) is -2.16. The third-order valence-electron chi connectivity index (χ3n) is 3.79. The number of piperidine rings is 1. The minimum Gasteiger partial charge on any atom is -0.444 e. The topological polar surface area (TPSA) is 41.6 Å². The lowest BCUT2D eigenvalue weighted by Crippen LogP contribution is -2.54. The van der Waals surface area contributed by atoms with E-state index in [1.165, 1.54) is 0 Å². The fraction of sp³-hybridized carbons (Fsp3) is 0.923. The van der Waals surface area contributed by atoms with E-state index in [-0.39, 0.29) is 12.3 Å². The van der Waals surface area contributed by atoms with Gasteiger partial charge in [-0.05, 0) is 46.1 Å². The van der Waals surface area contributed by atoms with Crippen molar-refractivity contribution < 1.29 is 22.7 Å². The lowest BCUT2D eigenvalue weighted by atomic mass is 9.92. The Kier molecular flexibility index (Phi) is 3.92. The van der Waals surface area contributed by atoms with Gasteiger partial charge in [0.15, 0.2) is 0 Å². The first kappa shape index (κ1) is 15.4. The summed E-state index contributed by atoms with van der Waals surface area (Å²) in [4.78, 5) is 13.1. The molecule has 1 amide bonds. The van der Waals surface area contributed by atoms with E-state index in [9.17, 15) is 18.0 Å². The highest BCUT2D eigenvalue weighted by Gasteiger charge is 2.56. The Balaban J connectivity index is 2.22. The average molecular weight is 294 g/mol. The molecule has 3 unspecified atom stereocenters. The van der Waals surface area contributed by atoms with Gasteiger partial charge in [-0.1, -0.05) is 0 Å². The number of hydrogen-bond donors (Lipinski definition) is 1. The van der Waals surface area contributed by atoms with Crippen LogP contribution in [0.15, 0.2) is 0 Å². The Hall–Kier alpha value is -0.980. The van der Waals surface area contributed by atoms with E-state index in [1.54, 1.807) is 20.8 Å². The second-order valence-electron chi connectivity index (χ2n) is 6.50. The van der Waals surface area contributed by atoms with Crippen LogP contribution >= 0.6 is 0 Å². The predicted molar refractivity (Wildman–Crippen MR) is 67.3 cm³/mol. The zero-order valence-corrected chi connectivity index (χ0v) is 12.0. The van der Waals surface area contributed by atoms with Gasteiger partial charge in [-0.25, -0.2) is 4.79 Å². The van der Waals surface area contributed by atoms with Gasteiger partial charge in [-0.2, -0.15) is 13.2 Å². The smallest absolute Gasteiger partial charge is 0.411 e. The Morgan fingerprint density at radius 2 is 1.95 bits per heavy atom. The third-order valence-corrected chi connectivity index (χ3v) is 3.79. The molecule has 0 aromatic heterocycles. The second kappa shape index (κ2) is 5.09. The molecule has 1 N–H and O–H groups in total. The van der Waals surface area contributed by atoms with E-state index in [0.29, 0.717) is 19.5 Å². The summed E-state index contributed by atoms with van der Waals surface area (Å²) in [6.45, 7) is 6.06. The molecule has 2 saturated heterocycles. The number of fused-ring (bicyclic) bond motifs is 1. The van der Waals surface area contributed by atoms with Crippen molar-refractivity contribution in [3.8, 4) is 0 Å². The molecule has 7 heteroatoms. The summed E-state index contributed by atoms with van der Waals surface area (Å²) < 4.78 is 44.7. The summed E-state index contributed by atoms with van der Waals surface area (Å²) in [5.74, 6) is -0.101. The molecular weight excluding hydrogens is 273 g/mol. The third kappa shape index (κ3) is 3.19. The van der Waals surface area contributed by atoms with Crippen LogP contribution < -0.4 is 5.32 Å². The van der Waals surface area contributed by atoms with E-state index in [4.69, 9.17) is 4.74 Å². The van der Waals surface area contributed by atoms with Gasteiger partial charge in [-0.15, -0.1) is 0 Å². The molecule has 0 aromatic carbocycles. The summed E-state index contributed by atoms with van der Waals surface area (Å²) >= 11 is 0. The van der Waals surface area contributed by atoms with Crippen LogP contribution in [0.4, 0.5) is 18.0 Å². The molecule has 2 aliphatic heterocycles. The second-order valence-corrected chi connectivity index (χ2v) is 6.50. The van der Waals surface area contributed by atoms with E-state index < -0.39 is 30.0 Å². The van der Waals surface area contributed by atoms with Gasteiger partial charge in [0.25, 0.3) is 0 Å². The van der Waals surface area contributed by atoms with Crippen LogP contribution in [-0.2, 0) is 4.74 Å². The maximum Gasteiger partial charge on any atom is 0.411 e. The van der Waals surface area contributed by atoms with Crippen molar-refractivity contribution in [1.82, 2.24) is 10.2 Å². The van der Waals surface area contributed by atoms with Crippen molar-refractivity contribution in [2.75, 3.05) is 13.1 Å². The van der Waals surface area contributed by atoms with Gasteiger partial charge in [0.1, 0.15) is 11.6 Å². The standard InChI is InChI=1S/C13H21F3N2O2/c1-12(2,3)20-11(19)18-9-7-17-5-4-8(9)6-10(18)13(14,15)16/h8-10,17H,4-7H2,1-3H3. The first-order valence-electron chi connectivity index (χ1n) is 6.88. The van der Waals surface area contributed by atoms with Crippen LogP contribution in [0.3, 0.4) is 0 Å². The monoisotopic (exact) mass is 294 g/mol. The molecule has 2 aliphatic rings. The SMILES string of the molecule is CC(C)(C)OC(=O)N1C2CNCCC2CC1C(F)(F)F. The predicted octanol–water partition coefficient (Wildman–Crippen LogP) is 2.54. The van der Waals surface area contributed by atoms with Crippen LogP contribution in [-0.4, -0.2) is 47.9 Å². The van der Waals surface area contributed by atoms with Crippen LogP contribution in [0.1, 0.15) is 33.6 Å². The fourth-order valence-corrected chi connectivity index (χ4v) is 3.00. The molecule has 2 heterocycles. The van der Waals surface area contributed by atoms with E-state index in [2.05, 4.69) is 5.32 Å². The first-order chi connectivity index (χ1) is 9.09. The number of likely N-dealkylation sites (tertiary alicyclic amines) is 1. The number of hydrogen-bond acceptors (Lipinski definition) is 3. The Bertz CT molecular complexity index is 379. The maximum atomic E-state index is 13.2. The van der Waals surface area contributed by atoms with Gasteiger partial charge in [-0.3, -0.25) is 4.90 Å². The first-order valence-corrected chi connectivity index (χ1v) is 6.88. The molecule has 3 atom stereocenters. The largest absolute Gasteiger partial charge is 0.444 e. The minimum atomic E-state index is -4.41. The fourth-order valence-electron chi connectivity index (χ4n) is 3.00.